The van der Waals surface area contributed by atoms with Crippen molar-refractivity contribution in [2.45, 2.75) is 33.6 Å². The van der Waals surface area contributed by atoms with Gasteiger partial charge in [-0.15, -0.1) is 11.3 Å². The molecule has 0 bridgehead atoms. The van der Waals surface area contributed by atoms with E-state index in [1.807, 2.05) is 36.1 Å². The summed E-state index contributed by atoms with van der Waals surface area (Å²) in [6, 6.07) is 7.94. The zero-order valence-corrected chi connectivity index (χ0v) is 13.9. The van der Waals surface area contributed by atoms with E-state index >= 15 is 0 Å². The molecular formula is C17H24N2OS. The highest BCUT2D eigenvalue weighted by atomic mass is 32.1. The average molecular weight is 304 g/mol. The van der Waals surface area contributed by atoms with E-state index in [4.69, 9.17) is 5.73 Å². The highest BCUT2D eigenvalue weighted by Crippen LogP contribution is 2.34. The molecule has 0 spiro atoms. The molecule has 0 fully saturated rings. The lowest BCUT2D eigenvalue weighted by atomic mass is 10.0. The quantitative estimate of drug-likeness (QED) is 0.860. The predicted molar refractivity (Wildman–Crippen MR) is 91.9 cm³/mol. The normalized spacial score (nSPS) is 11.2. The van der Waals surface area contributed by atoms with E-state index in [2.05, 4.69) is 13.8 Å². The maximum Gasteiger partial charge on any atom is 0.266 e. The Bertz CT molecular complexity index is 616. The molecule has 0 radical (unpaired) electrons. The predicted octanol–water partition coefficient (Wildman–Crippen LogP) is 4.38. The second kappa shape index (κ2) is 6.94. The Morgan fingerprint density at radius 3 is 2.48 bits per heavy atom. The zero-order valence-electron chi connectivity index (χ0n) is 13.1. The van der Waals surface area contributed by atoms with Gasteiger partial charge in [0, 0.05) is 23.2 Å². The number of carbonyl (C=O) groups excluding carboxylic acids is 1. The van der Waals surface area contributed by atoms with Crippen molar-refractivity contribution in [2.24, 2.45) is 5.92 Å². The Morgan fingerprint density at radius 2 is 1.90 bits per heavy atom. The first-order valence-electron chi connectivity index (χ1n) is 7.68. The smallest absolute Gasteiger partial charge is 0.266 e. The van der Waals surface area contributed by atoms with Crippen LogP contribution >= 0.6 is 11.3 Å². The molecule has 1 aromatic heterocycles. The third-order valence-electron chi connectivity index (χ3n) is 4.13. The Balaban J connectivity index is 2.29. The maximum absolute atomic E-state index is 12.8. The van der Waals surface area contributed by atoms with Crippen LogP contribution in [-0.4, -0.2) is 23.9 Å². The molecule has 1 aromatic carbocycles. The third-order valence-corrected chi connectivity index (χ3v) is 5.30. The van der Waals surface area contributed by atoms with Crippen LogP contribution in [0.4, 0.5) is 5.69 Å². The topological polar surface area (TPSA) is 46.3 Å². The fourth-order valence-electron chi connectivity index (χ4n) is 2.58. The number of rotatable bonds is 6. The number of hydrogen-bond acceptors (Lipinski definition) is 3. The van der Waals surface area contributed by atoms with E-state index in [0.717, 1.165) is 36.0 Å². The number of nitrogens with zero attached hydrogens (tertiary/aromatic N) is 1. The third kappa shape index (κ3) is 3.21. The molecule has 2 rings (SSSR count). The number of fused-ring (bicyclic) bond motifs is 1. The number of hydrogen-bond donors (Lipinski definition) is 1. The molecule has 0 aliphatic heterocycles. The molecular weight excluding hydrogens is 280 g/mol. The van der Waals surface area contributed by atoms with E-state index in [-0.39, 0.29) is 5.91 Å². The van der Waals surface area contributed by atoms with Gasteiger partial charge in [0.15, 0.2) is 0 Å². The molecule has 0 aliphatic carbocycles. The summed E-state index contributed by atoms with van der Waals surface area (Å²) in [5.74, 6) is 0.632. The molecule has 1 heterocycles. The fraction of sp³-hybridized carbons (Fsp3) is 0.471. The first-order chi connectivity index (χ1) is 10.1. The minimum atomic E-state index is 0.0723. The van der Waals surface area contributed by atoms with Gasteiger partial charge in [0.25, 0.3) is 5.91 Å². The van der Waals surface area contributed by atoms with Crippen LogP contribution in [0.5, 0.6) is 0 Å². The minimum absolute atomic E-state index is 0.0723. The van der Waals surface area contributed by atoms with Crippen molar-refractivity contribution in [1.82, 2.24) is 4.90 Å². The summed E-state index contributed by atoms with van der Waals surface area (Å²) >= 11 is 1.50. The van der Waals surface area contributed by atoms with E-state index in [1.54, 1.807) is 0 Å². The number of nitrogens with two attached hydrogens (primary N) is 1. The van der Waals surface area contributed by atoms with Gasteiger partial charge in [0.05, 0.1) is 5.69 Å². The fourth-order valence-corrected chi connectivity index (χ4v) is 3.67. The van der Waals surface area contributed by atoms with Crippen LogP contribution in [0, 0.1) is 5.92 Å². The van der Waals surface area contributed by atoms with E-state index in [0.29, 0.717) is 16.5 Å². The van der Waals surface area contributed by atoms with E-state index in [1.165, 1.54) is 11.3 Å². The Morgan fingerprint density at radius 1 is 1.24 bits per heavy atom. The van der Waals surface area contributed by atoms with Gasteiger partial charge in [-0.3, -0.25) is 4.79 Å². The first kappa shape index (κ1) is 15.8. The lowest BCUT2D eigenvalue weighted by molar-refractivity contribution is 0.0741. The Labute approximate surface area is 130 Å². The SMILES string of the molecule is CCC(CC)CN(CC)C(=O)c1sc2ccccc2c1N. The molecule has 2 aromatic rings. The number of nitrogen functional groups attached to an aromatic ring is 1. The van der Waals surface area contributed by atoms with E-state index in [9.17, 15) is 4.79 Å². The van der Waals surface area contributed by atoms with Crippen LogP contribution < -0.4 is 5.73 Å². The summed E-state index contributed by atoms with van der Waals surface area (Å²) in [7, 11) is 0. The molecule has 0 aliphatic rings. The van der Waals surface area contributed by atoms with Gasteiger partial charge < -0.3 is 10.6 Å². The lowest BCUT2D eigenvalue weighted by Gasteiger charge is -2.25. The van der Waals surface area contributed by atoms with Gasteiger partial charge in [0.1, 0.15) is 4.88 Å². The summed E-state index contributed by atoms with van der Waals surface area (Å²) in [6.45, 7) is 7.93. The molecule has 0 saturated carbocycles. The summed E-state index contributed by atoms with van der Waals surface area (Å²) in [5, 5.41) is 0.990. The van der Waals surface area contributed by atoms with Crippen LogP contribution in [-0.2, 0) is 0 Å². The monoisotopic (exact) mass is 304 g/mol. The largest absolute Gasteiger partial charge is 0.397 e. The molecule has 114 valence electrons. The van der Waals surface area contributed by atoms with Crippen LogP contribution in [0.1, 0.15) is 43.3 Å². The van der Waals surface area contributed by atoms with Crippen molar-refractivity contribution in [2.75, 3.05) is 18.8 Å². The number of benzene rings is 1. The second-order valence-corrected chi connectivity index (χ2v) is 6.42. The van der Waals surface area contributed by atoms with Gasteiger partial charge >= 0.3 is 0 Å². The Kier molecular flexibility index (Phi) is 5.23. The standard InChI is InChI=1S/C17H24N2OS/c1-4-12(5-2)11-19(6-3)17(20)16-15(18)13-9-7-8-10-14(13)21-16/h7-10,12H,4-6,11,18H2,1-3H3. The average Bonchev–Trinajstić information content (AvgIpc) is 2.86. The highest BCUT2D eigenvalue weighted by Gasteiger charge is 2.22. The lowest BCUT2D eigenvalue weighted by Crippen LogP contribution is -2.35. The number of thiophene rings is 1. The maximum atomic E-state index is 12.8. The number of carbonyl (C=O) groups is 1. The van der Waals surface area contributed by atoms with Gasteiger partial charge in [-0.05, 0) is 18.9 Å². The van der Waals surface area contributed by atoms with Crippen LogP contribution in [0.3, 0.4) is 0 Å². The van der Waals surface area contributed by atoms with Crippen LogP contribution in [0.25, 0.3) is 10.1 Å². The van der Waals surface area contributed by atoms with Crippen molar-refractivity contribution in [3.8, 4) is 0 Å². The molecule has 0 saturated heterocycles. The summed E-state index contributed by atoms with van der Waals surface area (Å²) in [5.41, 5.74) is 6.82. The molecule has 2 N–H and O–H groups in total. The molecule has 0 atom stereocenters. The second-order valence-electron chi connectivity index (χ2n) is 5.37. The van der Waals surface area contributed by atoms with Gasteiger partial charge in [-0.1, -0.05) is 44.9 Å². The highest BCUT2D eigenvalue weighted by molar-refractivity contribution is 7.21. The number of amides is 1. The molecule has 21 heavy (non-hydrogen) atoms. The van der Waals surface area contributed by atoms with Gasteiger partial charge in [-0.2, -0.15) is 0 Å². The minimum Gasteiger partial charge on any atom is -0.397 e. The molecule has 0 unspecified atom stereocenters. The van der Waals surface area contributed by atoms with Crippen molar-refractivity contribution >= 4 is 33.0 Å². The summed E-state index contributed by atoms with van der Waals surface area (Å²) in [6.07, 6.45) is 2.20. The summed E-state index contributed by atoms with van der Waals surface area (Å²) in [4.78, 5) is 15.4. The molecule has 4 heteroatoms. The van der Waals surface area contributed by atoms with Crippen LogP contribution in [0.15, 0.2) is 24.3 Å². The first-order valence-corrected chi connectivity index (χ1v) is 8.50. The molecule has 1 amide bonds. The molecule has 3 nitrogen and oxygen atoms in total. The van der Waals surface area contributed by atoms with Gasteiger partial charge in [-0.25, -0.2) is 0 Å². The summed E-state index contributed by atoms with van der Waals surface area (Å²) < 4.78 is 1.08. The zero-order chi connectivity index (χ0) is 15.4. The number of anilines is 1. The van der Waals surface area contributed by atoms with Crippen molar-refractivity contribution in [3.63, 3.8) is 0 Å². The van der Waals surface area contributed by atoms with Crippen molar-refractivity contribution < 1.29 is 4.79 Å². The van der Waals surface area contributed by atoms with Crippen molar-refractivity contribution in [1.29, 1.82) is 0 Å². The Hall–Kier alpha value is -1.55. The van der Waals surface area contributed by atoms with Crippen LogP contribution in [0.2, 0.25) is 0 Å². The van der Waals surface area contributed by atoms with Crippen molar-refractivity contribution in [3.05, 3.63) is 29.1 Å². The van der Waals surface area contributed by atoms with E-state index < -0.39 is 0 Å². The van der Waals surface area contributed by atoms with Gasteiger partial charge in [0.2, 0.25) is 0 Å².